The number of fused-ring (bicyclic) bond motifs is 1. The first-order valence-corrected chi connectivity index (χ1v) is 9.66. The molecule has 4 nitrogen and oxygen atoms in total. The molecule has 3 aromatic rings. The van der Waals surface area contributed by atoms with Gasteiger partial charge in [-0.05, 0) is 24.1 Å². The largest absolute Gasteiger partial charge is 0.477 e. The lowest BCUT2D eigenvalue weighted by Gasteiger charge is -2.24. The molecule has 1 aromatic heterocycles. The molecule has 27 heavy (non-hydrogen) atoms. The molecule has 0 saturated carbocycles. The van der Waals surface area contributed by atoms with Gasteiger partial charge >= 0.3 is 5.97 Å². The second-order valence-electron chi connectivity index (χ2n) is 6.54. The van der Waals surface area contributed by atoms with Crippen LogP contribution in [0.2, 0.25) is 5.02 Å². The van der Waals surface area contributed by atoms with Crippen LogP contribution in [-0.4, -0.2) is 17.0 Å². The van der Waals surface area contributed by atoms with Crippen molar-refractivity contribution in [1.82, 2.24) is 0 Å². The van der Waals surface area contributed by atoms with E-state index in [1.54, 1.807) is 6.07 Å². The third-order valence-corrected chi connectivity index (χ3v) is 6.36. The normalized spacial score (nSPS) is 15.9. The van der Waals surface area contributed by atoms with Gasteiger partial charge in [0.15, 0.2) is 0 Å². The third kappa shape index (κ3) is 3.13. The SMILES string of the molecule is Cc1ccc(-c2c(C(=O)O)sc3c2NC(=O)C[C@@H]3c2ccccc2Cl)cc1. The standard InChI is InChI=1S/C21H16ClNO3S/c1-11-6-8-12(9-7-11)17-18-19(27-20(17)21(25)26)14(10-16(24)23-18)13-4-2-3-5-15(13)22/h2-9,14H,10H2,1H3,(H,23,24)(H,25,26)/t14-/m1/s1. The highest BCUT2D eigenvalue weighted by atomic mass is 35.5. The van der Waals surface area contributed by atoms with Crippen LogP contribution in [0.1, 0.15) is 38.0 Å². The molecule has 0 aliphatic carbocycles. The predicted molar refractivity (Wildman–Crippen MR) is 108 cm³/mol. The van der Waals surface area contributed by atoms with Crippen molar-refractivity contribution < 1.29 is 14.7 Å². The molecule has 136 valence electrons. The number of carbonyl (C=O) groups excluding carboxylic acids is 1. The molecule has 4 rings (SSSR count). The van der Waals surface area contributed by atoms with E-state index >= 15 is 0 Å². The number of halogens is 1. The molecule has 6 heteroatoms. The lowest BCUT2D eigenvalue weighted by molar-refractivity contribution is -0.116. The summed E-state index contributed by atoms with van der Waals surface area (Å²) in [6.07, 6.45) is 0.240. The highest BCUT2D eigenvalue weighted by molar-refractivity contribution is 7.15. The number of aromatic carboxylic acids is 1. The Balaban J connectivity index is 1.95. The first kappa shape index (κ1) is 17.8. The molecular weight excluding hydrogens is 382 g/mol. The zero-order chi connectivity index (χ0) is 19.1. The molecule has 1 aliphatic rings. The maximum atomic E-state index is 12.4. The fourth-order valence-electron chi connectivity index (χ4n) is 3.44. The fourth-order valence-corrected chi connectivity index (χ4v) is 4.95. The van der Waals surface area contributed by atoms with E-state index < -0.39 is 5.97 Å². The number of amides is 1. The van der Waals surface area contributed by atoms with E-state index in [1.165, 1.54) is 11.3 Å². The number of nitrogens with one attached hydrogen (secondary N) is 1. The quantitative estimate of drug-likeness (QED) is 0.608. The van der Waals surface area contributed by atoms with Crippen molar-refractivity contribution in [1.29, 1.82) is 0 Å². The van der Waals surface area contributed by atoms with E-state index in [9.17, 15) is 14.7 Å². The van der Waals surface area contributed by atoms with Crippen molar-refractivity contribution in [3.05, 3.63) is 74.4 Å². The summed E-state index contributed by atoms with van der Waals surface area (Å²) in [7, 11) is 0. The van der Waals surface area contributed by atoms with Crippen LogP contribution in [0.25, 0.3) is 11.1 Å². The fraction of sp³-hybridized carbons (Fsp3) is 0.143. The second kappa shape index (κ2) is 6.83. The number of benzene rings is 2. The van der Waals surface area contributed by atoms with E-state index in [2.05, 4.69) is 5.32 Å². The lowest BCUT2D eigenvalue weighted by atomic mass is 9.88. The Hall–Kier alpha value is -2.63. The maximum Gasteiger partial charge on any atom is 0.346 e. The van der Waals surface area contributed by atoms with Crippen molar-refractivity contribution >= 4 is 40.5 Å². The Bertz CT molecular complexity index is 1060. The lowest BCUT2D eigenvalue weighted by Crippen LogP contribution is -2.22. The molecule has 0 unspecified atom stereocenters. The Morgan fingerprint density at radius 2 is 1.89 bits per heavy atom. The number of thiophene rings is 1. The van der Waals surface area contributed by atoms with Gasteiger partial charge in [0, 0.05) is 27.8 Å². The van der Waals surface area contributed by atoms with Crippen LogP contribution >= 0.6 is 22.9 Å². The number of carbonyl (C=O) groups is 2. The summed E-state index contributed by atoms with van der Waals surface area (Å²) in [6.45, 7) is 1.97. The summed E-state index contributed by atoms with van der Waals surface area (Å²) < 4.78 is 0. The van der Waals surface area contributed by atoms with Crippen molar-refractivity contribution in [3.63, 3.8) is 0 Å². The van der Waals surface area contributed by atoms with Gasteiger partial charge in [0.25, 0.3) is 0 Å². The Kier molecular flexibility index (Phi) is 4.50. The van der Waals surface area contributed by atoms with Crippen molar-refractivity contribution in [3.8, 4) is 11.1 Å². The number of hydrogen-bond donors (Lipinski definition) is 2. The van der Waals surface area contributed by atoms with Crippen LogP contribution in [0.5, 0.6) is 0 Å². The van der Waals surface area contributed by atoms with Crippen LogP contribution in [0.15, 0.2) is 48.5 Å². The van der Waals surface area contributed by atoms with E-state index in [4.69, 9.17) is 11.6 Å². The van der Waals surface area contributed by atoms with Gasteiger partial charge in [0.1, 0.15) is 4.88 Å². The van der Waals surface area contributed by atoms with Crippen LogP contribution in [0.3, 0.4) is 0 Å². The first-order chi connectivity index (χ1) is 13.0. The molecule has 0 spiro atoms. The van der Waals surface area contributed by atoms with Gasteiger partial charge in [0.05, 0.1) is 5.69 Å². The number of hydrogen-bond acceptors (Lipinski definition) is 3. The monoisotopic (exact) mass is 397 g/mol. The molecule has 1 aliphatic heterocycles. The van der Waals surface area contributed by atoms with Gasteiger partial charge in [-0.15, -0.1) is 11.3 Å². The Morgan fingerprint density at radius 3 is 2.56 bits per heavy atom. The highest BCUT2D eigenvalue weighted by Crippen LogP contribution is 2.50. The van der Waals surface area contributed by atoms with E-state index in [0.29, 0.717) is 16.3 Å². The number of rotatable bonds is 3. The van der Waals surface area contributed by atoms with Crippen LogP contribution in [0.4, 0.5) is 5.69 Å². The minimum absolute atomic E-state index is 0.143. The molecule has 1 atom stereocenters. The molecule has 0 fully saturated rings. The van der Waals surface area contributed by atoms with Crippen LogP contribution < -0.4 is 5.32 Å². The zero-order valence-electron chi connectivity index (χ0n) is 14.5. The number of carboxylic acids is 1. The summed E-state index contributed by atoms with van der Waals surface area (Å²) in [5, 5.41) is 13.3. The van der Waals surface area contributed by atoms with E-state index in [0.717, 1.165) is 21.6 Å². The van der Waals surface area contributed by atoms with Crippen molar-refractivity contribution in [2.75, 3.05) is 5.32 Å². The van der Waals surface area contributed by atoms with Gasteiger partial charge in [-0.3, -0.25) is 4.79 Å². The topological polar surface area (TPSA) is 66.4 Å². The van der Waals surface area contributed by atoms with Crippen LogP contribution in [-0.2, 0) is 4.79 Å². The molecule has 0 radical (unpaired) electrons. The van der Waals surface area contributed by atoms with Crippen molar-refractivity contribution in [2.45, 2.75) is 19.3 Å². The predicted octanol–water partition coefficient (Wildman–Crippen LogP) is 5.55. The van der Waals surface area contributed by atoms with Gasteiger partial charge in [-0.1, -0.05) is 59.6 Å². The van der Waals surface area contributed by atoms with Gasteiger partial charge < -0.3 is 10.4 Å². The molecule has 2 aromatic carbocycles. The Labute approximate surface area is 165 Å². The second-order valence-corrected chi connectivity index (χ2v) is 8.00. The maximum absolute atomic E-state index is 12.4. The third-order valence-electron chi connectivity index (χ3n) is 4.72. The first-order valence-electron chi connectivity index (χ1n) is 8.47. The van der Waals surface area contributed by atoms with Gasteiger partial charge in [-0.2, -0.15) is 0 Å². The molecule has 2 heterocycles. The van der Waals surface area contributed by atoms with E-state index in [-0.39, 0.29) is 23.1 Å². The molecule has 0 bridgehead atoms. The summed E-state index contributed by atoms with van der Waals surface area (Å²) in [4.78, 5) is 25.4. The summed E-state index contributed by atoms with van der Waals surface area (Å²) >= 11 is 7.58. The zero-order valence-corrected chi connectivity index (χ0v) is 16.0. The molecule has 2 N–H and O–H groups in total. The highest BCUT2D eigenvalue weighted by Gasteiger charge is 2.35. The van der Waals surface area contributed by atoms with Gasteiger partial charge in [0.2, 0.25) is 5.91 Å². The van der Waals surface area contributed by atoms with E-state index in [1.807, 2.05) is 49.4 Å². The Morgan fingerprint density at radius 1 is 1.19 bits per heavy atom. The number of aryl methyl sites for hydroxylation is 1. The number of anilines is 1. The van der Waals surface area contributed by atoms with Crippen molar-refractivity contribution in [2.24, 2.45) is 0 Å². The molecule has 1 amide bonds. The molecule has 0 saturated heterocycles. The van der Waals surface area contributed by atoms with Crippen LogP contribution in [0, 0.1) is 6.92 Å². The average molecular weight is 398 g/mol. The molecular formula is C21H16ClNO3S. The summed E-state index contributed by atoms with van der Waals surface area (Å²) in [6, 6.07) is 15.0. The minimum atomic E-state index is -1.00. The number of carboxylic acid groups (broad SMARTS) is 1. The summed E-state index contributed by atoms with van der Waals surface area (Å²) in [5.74, 6) is -1.41. The smallest absolute Gasteiger partial charge is 0.346 e. The average Bonchev–Trinajstić information content (AvgIpc) is 3.02. The minimum Gasteiger partial charge on any atom is -0.477 e. The van der Waals surface area contributed by atoms with Gasteiger partial charge in [-0.25, -0.2) is 4.79 Å². The summed E-state index contributed by atoms with van der Waals surface area (Å²) in [5.41, 5.74) is 3.84.